The number of esters is 1. The highest BCUT2D eigenvalue weighted by atomic mass is 32.2. The Kier molecular flexibility index (Phi) is 8.62. The van der Waals surface area contributed by atoms with Crippen molar-refractivity contribution in [3.8, 4) is 5.75 Å². The molecule has 2 N–H and O–H groups in total. The third-order valence-electron chi connectivity index (χ3n) is 4.94. The van der Waals surface area contributed by atoms with Crippen molar-refractivity contribution in [2.75, 3.05) is 19.0 Å². The van der Waals surface area contributed by atoms with Gasteiger partial charge in [-0.3, -0.25) is 14.5 Å². The maximum Gasteiger partial charge on any atom is 0.337 e. The molecule has 0 aliphatic carbocycles. The fraction of sp³-hybridized carbons (Fsp3) is 0.250. The zero-order valence-electron chi connectivity index (χ0n) is 18.1. The Hall–Kier alpha value is -3.17. The van der Waals surface area contributed by atoms with Gasteiger partial charge in [0, 0.05) is 18.7 Å². The Morgan fingerprint density at radius 2 is 1.79 bits per heavy atom. The number of aromatic hydroxyl groups is 1. The van der Waals surface area contributed by atoms with Crippen molar-refractivity contribution in [1.29, 1.82) is 0 Å². The van der Waals surface area contributed by atoms with Gasteiger partial charge >= 0.3 is 5.97 Å². The number of hydrogen-bond donors (Lipinski definition) is 2. The van der Waals surface area contributed by atoms with E-state index in [1.165, 1.54) is 31.0 Å². The Morgan fingerprint density at radius 3 is 2.45 bits per heavy atom. The number of carbonyl (C=O) groups excluding carboxylic acids is 3. The number of anilines is 1. The van der Waals surface area contributed by atoms with Gasteiger partial charge in [-0.25, -0.2) is 4.79 Å². The summed E-state index contributed by atoms with van der Waals surface area (Å²) in [5.41, 5.74) is 1.88. The summed E-state index contributed by atoms with van der Waals surface area (Å²) in [5, 5.41) is 12.1. The summed E-state index contributed by atoms with van der Waals surface area (Å²) in [4.78, 5) is 38.4. The molecule has 2 amide bonds. The summed E-state index contributed by atoms with van der Waals surface area (Å²) >= 11 is 6.63. The molecule has 172 valence electrons. The lowest BCUT2D eigenvalue weighted by atomic mass is 10.1. The van der Waals surface area contributed by atoms with E-state index in [0.29, 0.717) is 39.9 Å². The molecule has 0 bridgehead atoms. The predicted molar refractivity (Wildman–Crippen MR) is 133 cm³/mol. The molecule has 0 spiro atoms. The monoisotopic (exact) mass is 484 g/mol. The summed E-state index contributed by atoms with van der Waals surface area (Å²) < 4.78 is 5.20. The fourth-order valence-corrected chi connectivity index (χ4v) is 4.49. The zero-order chi connectivity index (χ0) is 23.8. The minimum atomic E-state index is -0.411. The molecule has 1 aliphatic heterocycles. The van der Waals surface area contributed by atoms with Gasteiger partial charge in [0.1, 0.15) is 10.1 Å². The molecule has 2 aromatic rings. The van der Waals surface area contributed by atoms with Crippen LogP contribution < -0.4 is 5.32 Å². The SMILES string of the molecule is COC(=O)c1ccc(C=C2SC(=S)N(CCCCCC(=O)Nc3ccc(O)cc3)C2=O)cc1. The van der Waals surface area contributed by atoms with Crippen LogP contribution in [0.3, 0.4) is 0 Å². The number of ether oxygens (including phenoxy) is 1. The highest BCUT2D eigenvalue weighted by molar-refractivity contribution is 8.26. The minimum Gasteiger partial charge on any atom is -0.508 e. The second-order valence-electron chi connectivity index (χ2n) is 7.35. The number of nitrogens with zero attached hydrogens (tertiary/aromatic N) is 1. The van der Waals surface area contributed by atoms with Crippen LogP contribution in [0.15, 0.2) is 53.4 Å². The summed E-state index contributed by atoms with van der Waals surface area (Å²) in [5.74, 6) is -0.486. The smallest absolute Gasteiger partial charge is 0.337 e. The van der Waals surface area contributed by atoms with Gasteiger partial charge < -0.3 is 15.2 Å². The summed E-state index contributed by atoms with van der Waals surface area (Å²) in [6.45, 7) is 0.503. The number of carbonyl (C=O) groups is 3. The lowest BCUT2D eigenvalue weighted by Crippen LogP contribution is -2.29. The molecule has 0 aromatic heterocycles. The van der Waals surface area contributed by atoms with Crippen LogP contribution in [0.2, 0.25) is 0 Å². The van der Waals surface area contributed by atoms with E-state index in [-0.39, 0.29) is 17.6 Å². The zero-order valence-corrected chi connectivity index (χ0v) is 19.7. The van der Waals surface area contributed by atoms with Gasteiger partial charge in [-0.2, -0.15) is 0 Å². The van der Waals surface area contributed by atoms with E-state index in [0.717, 1.165) is 18.4 Å². The third-order valence-corrected chi connectivity index (χ3v) is 6.32. The number of phenolic OH excluding ortho intramolecular Hbond substituents is 1. The van der Waals surface area contributed by atoms with E-state index < -0.39 is 5.97 Å². The minimum absolute atomic E-state index is 0.0903. The molecule has 0 unspecified atom stereocenters. The number of unbranched alkanes of at least 4 members (excludes halogenated alkanes) is 2. The van der Waals surface area contributed by atoms with Gasteiger partial charge in [-0.1, -0.05) is 42.5 Å². The summed E-state index contributed by atoms with van der Waals surface area (Å²) in [6.07, 6.45) is 4.35. The number of nitrogens with one attached hydrogen (secondary N) is 1. The van der Waals surface area contributed by atoms with Crippen molar-refractivity contribution in [2.24, 2.45) is 0 Å². The van der Waals surface area contributed by atoms with Crippen molar-refractivity contribution in [3.63, 3.8) is 0 Å². The number of thiocarbonyl (C=S) groups is 1. The largest absolute Gasteiger partial charge is 0.508 e. The van der Waals surface area contributed by atoms with Crippen molar-refractivity contribution in [1.82, 2.24) is 4.90 Å². The molecule has 0 saturated carbocycles. The first-order chi connectivity index (χ1) is 15.9. The predicted octanol–water partition coefficient (Wildman–Crippen LogP) is 4.58. The van der Waals surface area contributed by atoms with Gasteiger partial charge in [0.2, 0.25) is 5.91 Å². The van der Waals surface area contributed by atoms with E-state index >= 15 is 0 Å². The lowest BCUT2D eigenvalue weighted by Gasteiger charge is -2.14. The highest BCUT2D eigenvalue weighted by Crippen LogP contribution is 2.32. The lowest BCUT2D eigenvalue weighted by molar-refractivity contribution is -0.122. The molecular formula is C24H24N2O5S2. The van der Waals surface area contributed by atoms with Crippen LogP contribution in [0.4, 0.5) is 5.69 Å². The number of rotatable bonds is 9. The van der Waals surface area contributed by atoms with E-state index in [4.69, 9.17) is 12.2 Å². The number of benzene rings is 2. The Morgan fingerprint density at radius 1 is 1.09 bits per heavy atom. The van der Waals surface area contributed by atoms with Crippen LogP contribution in [0.25, 0.3) is 6.08 Å². The Balaban J connectivity index is 1.43. The second kappa shape index (κ2) is 11.6. The number of phenols is 1. The first-order valence-electron chi connectivity index (χ1n) is 10.4. The molecular weight excluding hydrogens is 460 g/mol. The molecule has 1 fully saturated rings. The molecule has 0 atom stereocenters. The fourth-order valence-electron chi connectivity index (χ4n) is 3.18. The van der Waals surface area contributed by atoms with Crippen LogP contribution in [0.1, 0.15) is 41.6 Å². The van der Waals surface area contributed by atoms with E-state index in [9.17, 15) is 19.5 Å². The van der Waals surface area contributed by atoms with Gasteiger partial charge in [-0.05, 0) is 60.9 Å². The molecule has 1 aliphatic rings. The number of amides is 2. The first-order valence-corrected chi connectivity index (χ1v) is 11.6. The second-order valence-corrected chi connectivity index (χ2v) is 9.03. The quantitative estimate of drug-likeness (QED) is 0.177. The molecule has 1 saturated heterocycles. The van der Waals surface area contributed by atoms with Crippen LogP contribution in [-0.2, 0) is 14.3 Å². The van der Waals surface area contributed by atoms with Crippen LogP contribution in [0, 0.1) is 0 Å². The van der Waals surface area contributed by atoms with Gasteiger partial charge in [0.25, 0.3) is 5.91 Å². The molecule has 9 heteroatoms. The van der Waals surface area contributed by atoms with Crippen LogP contribution >= 0.6 is 24.0 Å². The van der Waals surface area contributed by atoms with Crippen molar-refractivity contribution >= 4 is 57.8 Å². The molecule has 3 rings (SSSR count). The van der Waals surface area contributed by atoms with Crippen molar-refractivity contribution in [3.05, 3.63) is 64.6 Å². The normalized spacial score (nSPS) is 14.6. The Bertz CT molecular complexity index is 1070. The summed E-state index contributed by atoms with van der Waals surface area (Å²) in [7, 11) is 1.33. The highest BCUT2D eigenvalue weighted by Gasteiger charge is 2.31. The van der Waals surface area contributed by atoms with Gasteiger partial charge in [0.05, 0.1) is 17.6 Å². The first kappa shape index (κ1) is 24.5. The number of thioether (sulfide) groups is 1. The van der Waals surface area contributed by atoms with Gasteiger partial charge in [-0.15, -0.1) is 0 Å². The molecule has 33 heavy (non-hydrogen) atoms. The average molecular weight is 485 g/mol. The van der Waals surface area contributed by atoms with Crippen molar-refractivity contribution < 1.29 is 24.2 Å². The topological polar surface area (TPSA) is 95.9 Å². The van der Waals surface area contributed by atoms with E-state index in [2.05, 4.69) is 10.1 Å². The maximum absolute atomic E-state index is 12.7. The van der Waals surface area contributed by atoms with Crippen LogP contribution in [0.5, 0.6) is 5.75 Å². The molecule has 0 radical (unpaired) electrons. The van der Waals surface area contributed by atoms with Crippen LogP contribution in [-0.4, -0.2) is 45.8 Å². The average Bonchev–Trinajstić information content (AvgIpc) is 3.07. The molecule has 1 heterocycles. The molecule has 2 aromatic carbocycles. The number of hydrogen-bond acceptors (Lipinski definition) is 7. The Labute approximate surface area is 201 Å². The van der Waals surface area contributed by atoms with E-state index in [1.54, 1.807) is 47.4 Å². The summed E-state index contributed by atoms with van der Waals surface area (Å²) in [6, 6.07) is 13.1. The van der Waals surface area contributed by atoms with Gasteiger partial charge in [0.15, 0.2) is 0 Å². The standard InChI is InChI=1S/C24H24N2O5S2/c1-31-23(30)17-8-6-16(7-9-17)15-20-22(29)26(24(32)33-20)14-4-2-3-5-21(28)25-18-10-12-19(27)13-11-18/h6-13,15,27H,2-5,14H2,1H3,(H,25,28). The van der Waals surface area contributed by atoms with E-state index in [1.807, 2.05) is 0 Å². The third kappa shape index (κ3) is 6.90. The van der Waals surface area contributed by atoms with Crippen molar-refractivity contribution in [2.45, 2.75) is 25.7 Å². The maximum atomic E-state index is 12.7. The number of methoxy groups -OCH3 is 1. The molecule has 7 nitrogen and oxygen atoms in total.